The molecule has 0 bridgehead atoms. The molecule has 1 aromatic carbocycles. The minimum absolute atomic E-state index is 0.0418. The maximum Gasteiger partial charge on any atom is 0.226 e. The molecule has 29 heavy (non-hydrogen) atoms. The highest BCUT2D eigenvalue weighted by atomic mass is 32.1. The van der Waals surface area contributed by atoms with Gasteiger partial charge in [0.15, 0.2) is 0 Å². The van der Waals surface area contributed by atoms with Crippen molar-refractivity contribution in [3.63, 3.8) is 0 Å². The predicted molar refractivity (Wildman–Crippen MR) is 114 cm³/mol. The Hall–Kier alpha value is -2.34. The number of rotatable bonds is 6. The summed E-state index contributed by atoms with van der Waals surface area (Å²) in [4.78, 5) is 30.9. The van der Waals surface area contributed by atoms with Crippen LogP contribution in [0.15, 0.2) is 47.8 Å². The quantitative estimate of drug-likeness (QED) is 0.717. The Morgan fingerprint density at radius 3 is 2.52 bits per heavy atom. The zero-order valence-electron chi connectivity index (χ0n) is 16.7. The molecule has 154 valence electrons. The van der Waals surface area contributed by atoms with E-state index in [4.69, 9.17) is 4.74 Å². The predicted octanol–water partition coefficient (Wildman–Crippen LogP) is 4.12. The highest BCUT2D eigenvalue weighted by Crippen LogP contribution is 2.36. The largest absolute Gasteiger partial charge is 0.493 e. The minimum atomic E-state index is 0.0418. The van der Waals surface area contributed by atoms with E-state index in [1.54, 1.807) is 11.3 Å². The third-order valence-corrected chi connectivity index (χ3v) is 6.91. The number of hydrogen-bond acceptors (Lipinski definition) is 4. The Balaban J connectivity index is 1.23. The summed E-state index contributed by atoms with van der Waals surface area (Å²) in [5.41, 5.74) is 0. The second-order valence-electron chi connectivity index (χ2n) is 7.77. The van der Waals surface area contributed by atoms with Crippen LogP contribution < -0.4 is 4.74 Å². The molecule has 1 aromatic heterocycles. The van der Waals surface area contributed by atoms with Crippen molar-refractivity contribution in [2.45, 2.75) is 38.1 Å². The zero-order chi connectivity index (χ0) is 20.1. The SMILES string of the molecule is O=C(CCOc1ccccc1)N1CCC(C(=O)N2CCCC2c2cccs2)CC1. The lowest BCUT2D eigenvalue weighted by atomic mass is 9.94. The van der Waals surface area contributed by atoms with Gasteiger partial charge in [0, 0.05) is 30.4 Å². The number of likely N-dealkylation sites (tertiary alicyclic amines) is 2. The van der Waals surface area contributed by atoms with Crippen LogP contribution in [0.3, 0.4) is 0 Å². The van der Waals surface area contributed by atoms with Gasteiger partial charge in [-0.3, -0.25) is 9.59 Å². The standard InChI is InChI=1S/C23H28N2O3S/c26-22(12-16-28-19-6-2-1-3-7-19)24-14-10-18(11-15-24)23(27)25-13-4-8-20(25)21-9-5-17-29-21/h1-3,5-7,9,17-18,20H,4,8,10-16H2. The van der Waals surface area contributed by atoms with Crippen LogP contribution in [0.25, 0.3) is 0 Å². The van der Waals surface area contributed by atoms with Crippen LogP contribution in [0.1, 0.15) is 43.0 Å². The molecule has 0 saturated carbocycles. The number of hydrogen-bond donors (Lipinski definition) is 0. The molecule has 2 aromatic rings. The van der Waals surface area contributed by atoms with Crippen molar-refractivity contribution in [2.24, 2.45) is 5.92 Å². The summed E-state index contributed by atoms with van der Waals surface area (Å²) in [5, 5.41) is 2.09. The van der Waals surface area contributed by atoms with E-state index in [0.29, 0.717) is 26.1 Å². The summed E-state index contributed by atoms with van der Waals surface area (Å²) < 4.78 is 5.63. The molecular weight excluding hydrogens is 384 g/mol. The lowest BCUT2D eigenvalue weighted by molar-refractivity contribution is -0.141. The molecule has 5 nitrogen and oxygen atoms in total. The summed E-state index contributed by atoms with van der Waals surface area (Å²) in [5.74, 6) is 1.22. The smallest absolute Gasteiger partial charge is 0.226 e. The van der Waals surface area contributed by atoms with Crippen LogP contribution in [0.5, 0.6) is 5.75 Å². The minimum Gasteiger partial charge on any atom is -0.493 e. The van der Waals surface area contributed by atoms with E-state index in [1.807, 2.05) is 35.2 Å². The van der Waals surface area contributed by atoms with E-state index in [2.05, 4.69) is 22.4 Å². The first kappa shape index (κ1) is 20.0. The van der Waals surface area contributed by atoms with Gasteiger partial charge in [-0.1, -0.05) is 24.3 Å². The van der Waals surface area contributed by atoms with Crippen molar-refractivity contribution in [1.82, 2.24) is 9.80 Å². The fraction of sp³-hybridized carbons (Fsp3) is 0.478. The molecule has 0 N–H and O–H groups in total. The second kappa shape index (κ2) is 9.44. The van der Waals surface area contributed by atoms with Gasteiger partial charge in [-0.2, -0.15) is 0 Å². The lowest BCUT2D eigenvalue weighted by Gasteiger charge is -2.34. The van der Waals surface area contributed by atoms with Crippen LogP contribution in [0.2, 0.25) is 0 Å². The fourth-order valence-electron chi connectivity index (χ4n) is 4.35. The highest BCUT2D eigenvalue weighted by Gasteiger charge is 2.36. The van der Waals surface area contributed by atoms with E-state index < -0.39 is 0 Å². The molecule has 0 radical (unpaired) electrons. The summed E-state index contributed by atoms with van der Waals surface area (Å²) in [6.07, 6.45) is 4.04. The number of nitrogens with zero attached hydrogens (tertiary/aromatic N) is 2. The van der Waals surface area contributed by atoms with Gasteiger partial charge < -0.3 is 14.5 Å². The number of piperidine rings is 1. The third kappa shape index (κ3) is 4.81. The molecule has 2 saturated heterocycles. The maximum absolute atomic E-state index is 13.1. The molecule has 0 spiro atoms. The molecule has 2 aliphatic rings. The molecule has 4 rings (SSSR count). The summed E-state index contributed by atoms with van der Waals surface area (Å²) >= 11 is 1.74. The molecule has 2 fully saturated rings. The number of thiophene rings is 1. The van der Waals surface area contributed by atoms with Crippen LogP contribution in [0.4, 0.5) is 0 Å². The van der Waals surface area contributed by atoms with Gasteiger partial charge in [0.1, 0.15) is 5.75 Å². The number of amides is 2. The summed E-state index contributed by atoms with van der Waals surface area (Å²) in [7, 11) is 0. The van der Waals surface area contributed by atoms with Gasteiger partial charge in [0.25, 0.3) is 0 Å². The van der Waals surface area contributed by atoms with Gasteiger partial charge in [0.05, 0.1) is 19.1 Å². The van der Waals surface area contributed by atoms with Gasteiger partial charge in [0.2, 0.25) is 11.8 Å². The number of benzene rings is 1. The molecule has 2 aliphatic heterocycles. The average Bonchev–Trinajstić information content (AvgIpc) is 3.46. The number of ether oxygens (including phenoxy) is 1. The van der Waals surface area contributed by atoms with Crippen LogP contribution in [-0.4, -0.2) is 47.9 Å². The number of carbonyl (C=O) groups excluding carboxylic acids is 2. The molecular formula is C23H28N2O3S. The maximum atomic E-state index is 13.1. The Morgan fingerprint density at radius 1 is 1.00 bits per heavy atom. The first-order valence-corrected chi connectivity index (χ1v) is 11.4. The lowest BCUT2D eigenvalue weighted by Crippen LogP contribution is -2.44. The van der Waals surface area contributed by atoms with Crippen molar-refractivity contribution in [3.05, 3.63) is 52.7 Å². The summed E-state index contributed by atoms with van der Waals surface area (Å²) in [6.45, 7) is 2.57. The zero-order valence-corrected chi connectivity index (χ0v) is 17.5. The Kier molecular flexibility index (Phi) is 6.49. The van der Waals surface area contributed by atoms with Gasteiger partial charge in [-0.15, -0.1) is 11.3 Å². The Morgan fingerprint density at radius 2 is 1.79 bits per heavy atom. The Labute approximate surface area is 176 Å². The number of para-hydroxylation sites is 1. The third-order valence-electron chi connectivity index (χ3n) is 5.93. The topological polar surface area (TPSA) is 49.9 Å². The van der Waals surface area contributed by atoms with E-state index in [0.717, 1.165) is 38.0 Å². The van der Waals surface area contributed by atoms with Crippen LogP contribution >= 0.6 is 11.3 Å². The van der Waals surface area contributed by atoms with Crippen LogP contribution in [-0.2, 0) is 9.59 Å². The van der Waals surface area contributed by atoms with Gasteiger partial charge in [-0.25, -0.2) is 0 Å². The van der Waals surface area contributed by atoms with Crippen molar-refractivity contribution in [1.29, 1.82) is 0 Å². The Bertz CT molecular complexity index is 801. The molecule has 1 unspecified atom stereocenters. The molecule has 0 aliphatic carbocycles. The van der Waals surface area contributed by atoms with Crippen molar-refractivity contribution in [2.75, 3.05) is 26.2 Å². The monoisotopic (exact) mass is 412 g/mol. The van der Waals surface area contributed by atoms with Crippen molar-refractivity contribution in [3.8, 4) is 5.75 Å². The van der Waals surface area contributed by atoms with Crippen molar-refractivity contribution < 1.29 is 14.3 Å². The highest BCUT2D eigenvalue weighted by molar-refractivity contribution is 7.10. The normalized spacial score (nSPS) is 20.1. The van der Waals surface area contributed by atoms with E-state index >= 15 is 0 Å². The van der Waals surface area contributed by atoms with E-state index in [-0.39, 0.29) is 23.8 Å². The second-order valence-corrected chi connectivity index (χ2v) is 8.75. The molecule has 1 atom stereocenters. The first-order valence-electron chi connectivity index (χ1n) is 10.5. The fourth-order valence-corrected chi connectivity index (χ4v) is 5.22. The van der Waals surface area contributed by atoms with Crippen LogP contribution in [0, 0.1) is 5.92 Å². The van der Waals surface area contributed by atoms with Gasteiger partial charge in [-0.05, 0) is 49.3 Å². The molecule has 3 heterocycles. The molecule has 2 amide bonds. The summed E-state index contributed by atoms with van der Waals surface area (Å²) in [6, 6.07) is 14.0. The first-order chi connectivity index (χ1) is 14.2. The van der Waals surface area contributed by atoms with Gasteiger partial charge >= 0.3 is 0 Å². The average molecular weight is 413 g/mol. The van der Waals surface area contributed by atoms with E-state index in [9.17, 15) is 9.59 Å². The molecule has 6 heteroatoms. The van der Waals surface area contributed by atoms with E-state index in [1.165, 1.54) is 4.88 Å². The number of carbonyl (C=O) groups is 2. The van der Waals surface area contributed by atoms with Crippen molar-refractivity contribution >= 4 is 23.2 Å².